The minimum Gasteiger partial charge on any atom is -0.368 e. The zero-order chi connectivity index (χ0) is 13.3. The molecule has 1 unspecified atom stereocenters. The van der Waals surface area contributed by atoms with E-state index in [9.17, 15) is 5.26 Å². The molecule has 2 rings (SSSR count). The maximum Gasteiger partial charge on any atom is 0.121 e. The van der Waals surface area contributed by atoms with Gasteiger partial charge in [-0.15, -0.1) is 0 Å². The van der Waals surface area contributed by atoms with E-state index < -0.39 is 5.54 Å². The summed E-state index contributed by atoms with van der Waals surface area (Å²) in [7, 11) is 0. The molecular weight excluding hydrogens is 222 g/mol. The van der Waals surface area contributed by atoms with Crippen LogP contribution in [0.3, 0.4) is 0 Å². The van der Waals surface area contributed by atoms with Crippen molar-refractivity contribution in [2.45, 2.75) is 39.2 Å². The molecule has 96 valence electrons. The van der Waals surface area contributed by atoms with Gasteiger partial charge in [-0.25, -0.2) is 0 Å². The Balaban J connectivity index is 2.35. The highest BCUT2D eigenvalue weighted by molar-refractivity contribution is 5.61. The summed E-state index contributed by atoms with van der Waals surface area (Å²) in [6.07, 6.45) is 1.78. The lowest BCUT2D eigenvalue weighted by molar-refractivity contribution is 0.424. The molecule has 1 aliphatic heterocycles. The molecule has 18 heavy (non-hydrogen) atoms. The van der Waals surface area contributed by atoms with Gasteiger partial charge in [0, 0.05) is 18.8 Å². The zero-order valence-corrected chi connectivity index (χ0v) is 11.5. The third-order valence-electron chi connectivity index (χ3n) is 3.70. The Morgan fingerprint density at radius 2 is 1.89 bits per heavy atom. The van der Waals surface area contributed by atoms with Crippen molar-refractivity contribution >= 4 is 5.69 Å². The quantitative estimate of drug-likeness (QED) is 0.824. The molecule has 1 fully saturated rings. The number of rotatable bonds is 1. The SMILES string of the molecule is Cc1cc(C)c(N2CCCC(N)(C#N)C2)c(C)c1. The van der Waals surface area contributed by atoms with E-state index in [2.05, 4.69) is 43.9 Å². The summed E-state index contributed by atoms with van der Waals surface area (Å²) < 4.78 is 0. The normalized spacial score (nSPS) is 23.8. The van der Waals surface area contributed by atoms with E-state index in [1.54, 1.807) is 0 Å². The Labute approximate surface area is 109 Å². The van der Waals surface area contributed by atoms with Crippen LogP contribution in [0.4, 0.5) is 5.69 Å². The second-order valence-corrected chi connectivity index (χ2v) is 5.54. The minimum atomic E-state index is -0.692. The maximum absolute atomic E-state index is 9.20. The van der Waals surface area contributed by atoms with Crippen molar-refractivity contribution in [2.75, 3.05) is 18.0 Å². The molecule has 1 saturated heterocycles. The fourth-order valence-electron chi connectivity index (χ4n) is 3.04. The number of hydrogen-bond donors (Lipinski definition) is 1. The third kappa shape index (κ3) is 2.34. The van der Waals surface area contributed by atoms with E-state index in [0.29, 0.717) is 6.54 Å². The molecule has 0 spiro atoms. The van der Waals surface area contributed by atoms with Crippen LogP contribution in [0.15, 0.2) is 12.1 Å². The smallest absolute Gasteiger partial charge is 0.121 e. The van der Waals surface area contributed by atoms with E-state index in [-0.39, 0.29) is 0 Å². The fourth-order valence-corrected chi connectivity index (χ4v) is 3.04. The lowest BCUT2D eigenvalue weighted by atomic mass is 9.90. The molecule has 3 nitrogen and oxygen atoms in total. The van der Waals surface area contributed by atoms with Gasteiger partial charge in [0.1, 0.15) is 5.54 Å². The number of anilines is 1. The van der Waals surface area contributed by atoms with Crippen LogP contribution in [-0.2, 0) is 0 Å². The number of benzene rings is 1. The summed E-state index contributed by atoms with van der Waals surface area (Å²) in [6.45, 7) is 8.01. The lowest BCUT2D eigenvalue weighted by Gasteiger charge is -2.38. The lowest BCUT2D eigenvalue weighted by Crippen LogP contribution is -2.53. The Bertz CT molecular complexity index is 478. The van der Waals surface area contributed by atoms with Crippen LogP contribution in [0.1, 0.15) is 29.5 Å². The van der Waals surface area contributed by atoms with Gasteiger partial charge in [-0.3, -0.25) is 0 Å². The predicted octanol–water partition coefficient (Wildman–Crippen LogP) is 2.43. The van der Waals surface area contributed by atoms with Crippen molar-refractivity contribution < 1.29 is 0 Å². The first-order chi connectivity index (χ1) is 8.45. The molecule has 0 saturated carbocycles. The van der Waals surface area contributed by atoms with Gasteiger partial charge in [-0.1, -0.05) is 17.7 Å². The highest BCUT2D eigenvalue weighted by atomic mass is 15.2. The molecule has 1 atom stereocenters. The number of hydrogen-bond acceptors (Lipinski definition) is 3. The Hall–Kier alpha value is -1.53. The van der Waals surface area contributed by atoms with Crippen molar-refractivity contribution in [3.05, 3.63) is 28.8 Å². The topological polar surface area (TPSA) is 53.0 Å². The van der Waals surface area contributed by atoms with E-state index in [1.165, 1.54) is 22.4 Å². The van der Waals surface area contributed by atoms with Gasteiger partial charge in [0.05, 0.1) is 6.07 Å². The van der Waals surface area contributed by atoms with Crippen LogP contribution in [-0.4, -0.2) is 18.6 Å². The summed E-state index contributed by atoms with van der Waals surface area (Å²) >= 11 is 0. The monoisotopic (exact) mass is 243 g/mol. The second kappa shape index (κ2) is 4.62. The van der Waals surface area contributed by atoms with Gasteiger partial charge in [0.15, 0.2) is 0 Å². The Kier molecular flexibility index (Phi) is 3.32. The average molecular weight is 243 g/mol. The number of nitrogens with zero attached hydrogens (tertiary/aromatic N) is 2. The van der Waals surface area contributed by atoms with Crippen LogP contribution in [0.25, 0.3) is 0 Å². The molecule has 0 radical (unpaired) electrons. The van der Waals surface area contributed by atoms with Crippen LogP contribution >= 0.6 is 0 Å². The van der Waals surface area contributed by atoms with Gasteiger partial charge in [-0.2, -0.15) is 5.26 Å². The summed E-state index contributed by atoms with van der Waals surface area (Å²) in [5, 5.41) is 9.20. The van der Waals surface area contributed by atoms with Crippen molar-refractivity contribution in [2.24, 2.45) is 5.73 Å². The first kappa shape index (κ1) is 12.9. The van der Waals surface area contributed by atoms with E-state index in [0.717, 1.165) is 19.4 Å². The first-order valence-corrected chi connectivity index (χ1v) is 6.48. The average Bonchev–Trinajstić information content (AvgIpc) is 2.28. The van der Waals surface area contributed by atoms with Crippen LogP contribution in [0.2, 0.25) is 0 Å². The third-order valence-corrected chi connectivity index (χ3v) is 3.70. The molecule has 1 aliphatic rings. The molecule has 1 aromatic rings. The highest BCUT2D eigenvalue weighted by Gasteiger charge is 2.32. The number of aryl methyl sites for hydroxylation is 3. The zero-order valence-electron chi connectivity index (χ0n) is 11.5. The predicted molar refractivity (Wildman–Crippen MR) is 74.6 cm³/mol. The van der Waals surface area contributed by atoms with E-state index >= 15 is 0 Å². The Morgan fingerprint density at radius 1 is 1.28 bits per heavy atom. The molecule has 1 heterocycles. The molecule has 3 heteroatoms. The van der Waals surface area contributed by atoms with Crippen LogP contribution < -0.4 is 10.6 Å². The fraction of sp³-hybridized carbons (Fsp3) is 0.533. The van der Waals surface area contributed by atoms with Gasteiger partial charge < -0.3 is 10.6 Å². The standard InChI is InChI=1S/C15H21N3/c1-11-7-12(2)14(13(3)8-11)18-6-4-5-15(17,9-16)10-18/h7-8H,4-6,10,17H2,1-3H3. The largest absolute Gasteiger partial charge is 0.368 e. The molecule has 0 aromatic heterocycles. The summed E-state index contributed by atoms with van der Waals surface area (Å²) in [6, 6.07) is 6.66. The molecule has 0 bridgehead atoms. The molecule has 0 aliphatic carbocycles. The molecule has 0 amide bonds. The molecule has 2 N–H and O–H groups in total. The van der Waals surface area contributed by atoms with Gasteiger partial charge in [0.2, 0.25) is 0 Å². The van der Waals surface area contributed by atoms with Gasteiger partial charge >= 0.3 is 0 Å². The first-order valence-electron chi connectivity index (χ1n) is 6.48. The summed E-state index contributed by atoms with van der Waals surface area (Å²) in [4.78, 5) is 2.27. The van der Waals surface area contributed by atoms with E-state index in [4.69, 9.17) is 5.73 Å². The number of piperidine rings is 1. The number of nitrogens with two attached hydrogens (primary N) is 1. The van der Waals surface area contributed by atoms with Crippen molar-refractivity contribution in [1.29, 1.82) is 5.26 Å². The van der Waals surface area contributed by atoms with Crippen molar-refractivity contribution in [3.63, 3.8) is 0 Å². The van der Waals surface area contributed by atoms with Crippen molar-refractivity contribution in [3.8, 4) is 6.07 Å². The highest BCUT2D eigenvalue weighted by Crippen LogP contribution is 2.30. The summed E-state index contributed by atoms with van der Waals surface area (Å²) in [5.74, 6) is 0. The number of nitriles is 1. The molecular formula is C15H21N3. The molecule has 1 aromatic carbocycles. The summed E-state index contributed by atoms with van der Waals surface area (Å²) in [5.41, 5.74) is 10.5. The van der Waals surface area contributed by atoms with E-state index in [1.807, 2.05) is 0 Å². The second-order valence-electron chi connectivity index (χ2n) is 5.54. The Morgan fingerprint density at radius 3 is 2.44 bits per heavy atom. The maximum atomic E-state index is 9.20. The van der Waals surface area contributed by atoms with Crippen molar-refractivity contribution in [1.82, 2.24) is 0 Å². The van der Waals surface area contributed by atoms with Crippen LogP contribution in [0, 0.1) is 32.1 Å². The van der Waals surface area contributed by atoms with Gasteiger partial charge in [0.25, 0.3) is 0 Å². The van der Waals surface area contributed by atoms with Gasteiger partial charge in [-0.05, 0) is 44.7 Å². The van der Waals surface area contributed by atoms with Crippen LogP contribution in [0.5, 0.6) is 0 Å². The minimum absolute atomic E-state index is 0.633.